The van der Waals surface area contributed by atoms with E-state index in [0.29, 0.717) is 47.1 Å². The number of hydrogen-bond donors (Lipinski definition) is 1. The molecule has 0 saturated heterocycles. The van der Waals surface area contributed by atoms with Gasteiger partial charge in [0.15, 0.2) is 22.9 Å². The lowest BCUT2D eigenvalue weighted by Crippen LogP contribution is -2.31. The van der Waals surface area contributed by atoms with E-state index in [1.807, 2.05) is 13.0 Å². The van der Waals surface area contributed by atoms with Crippen LogP contribution in [0.2, 0.25) is 0 Å². The minimum atomic E-state index is -0.449. The van der Waals surface area contributed by atoms with E-state index in [1.165, 1.54) is 17.1 Å². The van der Waals surface area contributed by atoms with Crippen LogP contribution in [0.5, 0.6) is 17.2 Å². The van der Waals surface area contributed by atoms with Crippen molar-refractivity contribution in [3.63, 3.8) is 0 Å². The Balaban J connectivity index is 0.00000134. The second-order valence-corrected chi connectivity index (χ2v) is 7.68. The highest BCUT2D eigenvalue weighted by Gasteiger charge is 2.23. The number of benzene rings is 1. The van der Waals surface area contributed by atoms with Crippen LogP contribution >= 0.6 is 0 Å². The first-order chi connectivity index (χ1) is 18.9. The summed E-state index contributed by atoms with van der Waals surface area (Å²) in [5, 5.41) is 7.02. The van der Waals surface area contributed by atoms with Crippen LogP contribution in [0.15, 0.2) is 87.8 Å². The summed E-state index contributed by atoms with van der Waals surface area (Å²) >= 11 is 0. The van der Waals surface area contributed by atoms with Crippen LogP contribution in [0.1, 0.15) is 23.0 Å². The van der Waals surface area contributed by atoms with Crippen molar-refractivity contribution in [2.45, 2.75) is 6.92 Å². The molecule has 1 aliphatic heterocycles. The van der Waals surface area contributed by atoms with Crippen molar-refractivity contribution in [1.82, 2.24) is 15.1 Å². The number of methoxy groups -OCH3 is 2. The van der Waals surface area contributed by atoms with Gasteiger partial charge in [-0.2, -0.15) is 9.78 Å². The van der Waals surface area contributed by atoms with E-state index in [0.717, 1.165) is 5.56 Å². The molecule has 0 bridgehead atoms. The van der Waals surface area contributed by atoms with Crippen LogP contribution in [-0.4, -0.2) is 62.7 Å². The van der Waals surface area contributed by atoms with Crippen molar-refractivity contribution in [2.24, 2.45) is 9.98 Å². The van der Waals surface area contributed by atoms with Gasteiger partial charge in [0.25, 0.3) is 5.91 Å². The first-order valence-electron chi connectivity index (χ1n) is 11.9. The first-order valence-corrected chi connectivity index (χ1v) is 11.9. The lowest BCUT2D eigenvalue weighted by Gasteiger charge is -2.12. The predicted molar refractivity (Wildman–Crippen MR) is 149 cm³/mol. The molecule has 39 heavy (non-hydrogen) atoms. The highest BCUT2D eigenvalue weighted by molar-refractivity contribution is 6.11. The van der Waals surface area contributed by atoms with E-state index in [2.05, 4.69) is 33.7 Å². The van der Waals surface area contributed by atoms with E-state index < -0.39 is 5.91 Å². The van der Waals surface area contributed by atoms with Gasteiger partial charge in [-0.15, -0.1) is 0 Å². The van der Waals surface area contributed by atoms with Crippen LogP contribution in [0.4, 0.5) is 0 Å². The molecule has 11 nitrogen and oxygen atoms in total. The minimum absolute atomic E-state index is 0.193. The van der Waals surface area contributed by atoms with Crippen LogP contribution in [-0.2, 0) is 4.74 Å². The maximum Gasteiger partial charge on any atom is 0.279 e. The molecule has 0 spiro atoms. The molecule has 1 N–H and O–H groups in total. The van der Waals surface area contributed by atoms with Crippen LogP contribution in [0.25, 0.3) is 11.6 Å². The Morgan fingerprint density at radius 1 is 1.18 bits per heavy atom. The summed E-state index contributed by atoms with van der Waals surface area (Å²) in [4.78, 5) is 20.8. The van der Waals surface area contributed by atoms with Gasteiger partial charge < -0.3 is 33.7 Å². The van der Waals surface area contributed by atoms with Crippen LogP contribution in [0.3, 0.4) is 0 Å². The Bertz CT molecular complexity index is 1390. The van der Waals surface area contributed by atoms with Gasteiger partial charge in [0.2, 0.25) is 5.88 Å². The first kappa shape index (κ1) is 28.5. The number of nitrogens with one attached hydrogen (secondary N) is 1. The minimum Gasteiger partial charge on any atom is -0.493 e. The maximum atomic E-state index is 13.2. The second kappa shape index (κ2) is 14.0. The molecule has 0 radical (unpaired) electrons. The summed E-state index contributed by atoms with van der Waals surface area (Å²) in [6, 6.07) is 8.79. The van der Waals surface area contributed by atoms with E-state index in [1.54, 1.807) is 63.8 Å². The molecule has 1 aromatic carbocycles. The number of aromatic nitrogens is 2. The molecule has 0 fully saturated rings. The summed E-state index contributed by atoms with van der Waals surface area (Å²) in [6.45, 7) is 9.61. The largest absolute Gasteiger partial charge is 0.493 e. The number of hydrogen-bond acceptors (Lipinski definition) is 9. The van der Waals surface area contributed by atoms with Crippen LogP contribution < -0.4 is 19.5 Å². The van der Waals surface area contributed by atoms with E-state index in [-0.39, 0.29) is 12.2 Å². The molecule has 4 rings (SSSR count). The summed E-state index contributed by atoms with van der Waals surface area (Å²) < 4.78 is 28.9. The molecule has 1 amide bonds. The lowest BCUT2D eigenvalue weighted by molar-refractivity contribution is 0.0965. The van der Waals surface area contributed by atoms with Crippen molar-refractivity contribution in [1.29, 1.82) is 0 Å². The zero-order valence-corrected chi connectivity index (χ0v) is 22.3. The third kappa shape index (κ3) is 7.25. The van der Waals surface area contributed by atoms with Gasteiger partial charge in [0.05, 0.1) is 39.8 Å². The molecule has 3 heterocycles. The lowest BCUT2D eigenvalue weighted by atomic mass is 10.1. The van der Waals surface area contributed by atoms with Crippen molar-refractivity contribution >= 4 is 24.2 Å². The molecule has 0 unspecified atom stereocenters. The van der Waals surface area contributed by atoms with Gasteiger partial charge in [-0.1, -0.05) is 6.58 Å². The number of aliphatic imine (C=N–C) groups is 2. The monoisotopic (exact) mass is 533 g/mol. The van der Waals surface area contributed by atoms with Gasteiger partial charge in [0, 0.05) is 18.7 Å². The number of amides is 1. The Morgan fingerprint density at radius 2 is 1.95 bits per heavy atom. The average molecular weight is 534 g/mol. The quantitative estimate of drug-likeness (QED) is 0.318. The Labute approximate surface area is 226 Å². The average Bonchev–Trinajstić information content (AvgIpc) is 3.56. The van der Waals surface area contributed by atoms with E-state index in [9.17, 15) is 4.79 Å². The fourth-order valence-electron chi connectivity index (χ4n) is 3.42. The van der Waals surface area contributed by atoms with Gasteiger partial charge in [-0.25, -0.2) is 0 Å². The molecule has 2 aromatic heterocycles. The van der Waals surface area contributed by atoms with Crippen molar-refractivity contribution in [3.8, 4) is 23.1 Å². The summed E-state index contributed by atoms with van der Waals surface area (Å²) in [5.41, 5.74) is 0.925. The molecular formula is C28H31N5O6. The maximum absolute atomic E-state index is 13.2. The Morgan fingerprint density at radius 3 is 2.62 bits per heavy atom. The summed E-state index contributed by atoms with van der Waals surface area (Å²) in [7, 11) is 4.77. The van der Waals surface area contributed by atoms with Gasteiger partial charge >= 0.3 is 0 Å². The molecule has 1 aliphatic rings. The van der Waals surface area contributed by atoms with Crippen LogP contribution in [0, 0.1) is 0 Å². The Hall–Kier alpha value is -5.06. The third-order valence-corrected chi connectivity index (χ3v) is 5.11. The number of carbonyl (C=O) groups is 1. The topological polar surface area (TPSA) is 122 Å². The summed E-state index contributed by atoms with van der Waals surface area (Å²) in [6.07, 6.45) is 8.09. The Kier molecular flexibility index (Phi) is 10.3. The summed E-state index contributed by atoms with van der Waals surface area (Å²) in [5.74, 6) is 2.74. The normalized spacial score (nSPS) is 12.1. The highest BCUT2D eigenvalue weighted by Crippen LogP contribution is 2.31. The fraction of sp³-hybridized carbons (Fsp3) is 0.214. The number of allylic oxidation sites excluding steroid dienone is 1. The zero-order chi connectivity index (χ0) is 28.2. The predicted octanol–water partition coefficient (Wildman–Crippen LogP) is 4.47. The van der Waals surface area contributed by atoms with Crippen molar-refractivity contribution < 1.29 is 28.2 Å². The molecule has 3 aromatic rings. The highest BCUT2D eigenvalue weighted by atomic mass is 16.5. The fourth-order valence-corrected chi connectivity index (χ4v) is 3.42. The number of rotatable bonds is 9. The number of ether oxygens (including phenoxy) is 4. The standard InChI is InChI=1S/C26H26N4O6.C2H5N/c1-5-34-22-16-28-30(24-7-6-14-35-24)25(22)26(31)29-23-11-9-19(12-13-27-23)36-17(2)18-8-10-20(32-3)21(15-18)33-4;1-3-2/h6-12,14-16H,2,5,13H2,1,3-4H3,(H,27,29,31);1H2,2H3. The second-order valence-electron chi connectivity index (χ2n) is 7.68. The third-order valence-electron chi connectivity index (χ3n) is 5.11. The van der Waals surface area contributed by atoms with Crippen molar-refractivity contribution in [2.75, 3.05) is 34.4 Å². The number of furan rings is 1. The molecule has 204 valence electrons. The number of carbonyl (C=O) groups excluding carboxylic acids is 1. The SMILES string of the molecule is C=C(OC1=CCN=C(NC(=O)c2c(OCC)cnn2-c2ccco2)C=C1)c1ccc(OC)c(OC)c1.C=NC. The molecule has 0 atom stereocenters. The van der Waals surface area contributed by atoms with Gasteiger partial charge in [-0.05, 0) is 56.1 Å². The number of amidine groups is 1. The van der Waals surface area contributed by atoms with Gasteiger partial charge in [-0.3, -0.25) is 9.79 Å². The molecular weight excluding hydrogens is 502 g/mol. The van der Waals surface area contributed by atoms with Gasteiger partial charge in [0.1, 0.15) is 17.4 Å². The molecule has 0 saturated carbocycles. The van der Waals surface area contributed by atoms with E-state index >= 15 is 0 Å². The van der Waals surface area contributed by atoms with Crippen molar-refractivity contribution in [3.05, 3.63) is 84.6 Å². The molecule has 0 aliphatic carbocycles. The number of nitrogens with zero attached hydrogens (tertiary/aromatic N) is 4. The smallest absolute Gasteiger partial charge is 0.279 e. The van der Waals surface area contributed by atoms with E-state index in [4.69, 9.17) is 23.4 Å². The zero-order valence-electron chi connectivity index (χ0n) is 22.3. The molecule has 11 heteroatoms.